The summed E-state index contributed by atoms with van der Waals surface area (Å²) in [5.41, 5.74) is 21.7. The highest BCUT2D eigenvalue weighted by Crippen LogP contribution is 2.35. The molecule has 0 saturated carbocycles. The fraction of sp³-hybridized carbons (Fsp3) is 0.182. The number of thiophene rings is 3. The Morgan fingerprint density at radius 1 is 0.434 bits per heavy atom. The molecule has 0 saturated heterocycles. The zero-order chi connectivity index (χ0) is 53.3. The lowest BCUT2D eigenvalue weighted by atomic mass is 9.84. The Morgan fingerprint density at radius 2 is 0.711 bits per heavy atom. The third-order valence-corrected chi connectivity index (χ3v) is 15.3. The zero-order valence-electron chi connectivity index (χ0n) is 40.7. The highest BCUT2D eigenvalue weighted by Gasteiger charge is 2.44. The van der Waals surface area contributed by atoms with Crippen LogP contribution in [-0.4, -0.2) is 81.6 Å². The molecule has 6 heterocycles. The summed E-state index contributed by atoms with van der Waals surface area (Å²) in [5.74, 6) is -3.96. The molecule has 12 N–H and O–H groups in total. The number of carbonyl (C=O) groups excluding carboxylic acids is 6. The number of Topliss-reactive ketones (excluding diaryl/α,β-unsaturated/α-hetero) is 3. The minimum atomic E-state index is -1.94. The molecule has 3 atom stereocenters. The number of amides is 3. The summed E-state index contributed by atoms with van der Waals surface area (Å²) in [6.07, 6.45) is 8.48. The fourth-order valence-corrected chi connectivity index (χ4v) is 10.8. The first-order valence-corrected chi connectivity index (χ1v) is 26.7. The van der Waals surface area contributed by atoms with Crippen molar-refractivity contribution in [1.82, 2.24) is 29.9 Å². The Kier molecular flexibility index (Phi) is 16.0. The molecule has 18 nitrogen and oxygen atoms in total. The number of nitrogens with one attached hydrogen (secondary N) is 6. The van der Waals surface area contributed by atoms with Crippen LogP contribution in [0.25, 0.3) is 0 Å². The number of ketones is 3. The number of carbonyl (C=O) groups is 6. The number of anilines is 3. The van der Waals surface area contributed by atoms with Crippen LogP contribution in [0.1, 0.15) is 56.4 Å². The molecule has 9 aromatic rings. The first kappa shape index (κ1) is 52.5. The third-order valence-electron chi connectivity index (χ3n) is 13.1. The number of nitrogens with zero attached hydrogens (tertiary/aromatic N) is 3. The minimum absolute atomic E-state index is 0.0367. The predicted octanol–water partition coefficient (Wildman–Crippen LogP) is 6.29. The van der Waals surface area contributed by atoms with Crippen LogP contribution in [0.2, 0.25) is 0 Å². The lowest BCUT2D eigenvalue weighted by Gasteiger charge is -2.27. The van der Waals surface area contributed by atoms with Crippen LogP contribution in [-0.2, 0) is 67.3 Å². The van der Waals surface area contributed by atoms with E-state index in [1.165, 1.54) is 71.6 Å². The van der Waals surface area contributed by atoms with Crippen LogP contribution in [0.5, 0.6) is 0 Å². The van der Waals surface area contributed by atoms with Gasteiger partial charge in [-0.3, -0.25) is 28.8 Å². The monoisotopic (exact) mass is 1070 g/mol. The quantitative estimate of drug-likeness (QED) is 0.0238. The summed E-state index contributed by atoms with van der Waals surface area (Å²) in [6, 6.07) is 26.7. The Balaban J connectivity index is 0.991. The van der Waals surface area contributed by atoms with Gasteiger partial charge in [-0.05, 0) is 120 Å². The maximum Gasteiger partial charge on any atom is 0.252 e. The van der Waals surface area contributed by atoms with E-state index in [4.69, 9.17) is 17.2 Å². The fourth-order valence-electron chi connectivity index (χ4n) is 8.75. The van der Waals surface area contributed by atoms with Crippen molar-refractivity contribution >= 4 is 86.1 Å². The van der Waals surface area contributed by atoms with Crippen LogP contribution in [0.4, 0.5) is 17.1 Å². The molecule has 0 aliphatic rings. The van der Waals surface area contributed by atoms with Gasteiger partial charge in [-0.25, -0.2) is 15.0 Å². The van der Waals surface area contributed by atoms with Gasteiger partial charge in [0.05, 0.1) is 19.0 Å². The van der Waals surface area contributed by atoms with Crippen molar-refractivity contribution in [3.05, 3.63) is 211 Å². The van der Waals surface area contributed by atoms with Crippen LogP contribution in [0.3, 0.4) is 0 Å². The molecule has 3 aromatic carbocycles. The number of hydrogen-bond donors (Lipinski definition) is 9. The van der Waals surface area contributed by atoms with Gasteiger partial charge in [-0.15, -0.1) is 0 Å². The molecule has 386 valence electrons. The summed E-state index contributed by atoms with van der Waals surface area (Å²) >= 11 is 4.32. The second-order valence-corrected chi connectivity index (χ2v) is 20.9. The first-order valence-electron chi connectivity index (χ1n) is 23.8. The van der Waals surface area contributed by atoms with Gasteiger partial charge in [0.1, 0.15) is 0 Å². The van der Waals surface area contributed by atoms with E-state index in [0.717, 1.165) is 33.4 Å². The molecule has 3 amide bonds. The molecule has 0 aliphatic carbocycles. The van der Waals surface area contributed by atoms with Crippen molar-refractivity contribution in [1.29, 1.82) is 0 Å². The standard InChI is InChI=1S/C55H52N12O6S3/c56-53(22-43-25-59-31-62-43,46(68)19-34-13-16-74-28-34)50(71)65-40-7-1-37(2-8-40)49(38-3-9-41(10-4-38)66-51(72)54(57,23-44-26-60-32-63-44)47(69)20-35-14-17-75-29-35)39-5-11-42(12-6-39)67-52(73)55(58,24-45-27-61-33-64-45)48(70)21-36-15-18-76-30-36/h1-18,25-33,49H,19-24,56-58H2,(H,59,62)(H,60,63)(H,61,64)(H,65,71)(H,66,72)(H,67,73)/t53-,54-,55-/m0/s1. The Labute approximate surface area is 448 Å². The van der Waals surface area contributed by atoms with Crippen LogP contribution >= 0.6 is 34.0 Å². The number of aromatic amines is 3. The summed E-state index contributed by atoms with van der Waals surface area (Å²) in [6.45, 7) is 0. The molecular formula is C55H52N12O6S3. The van der Waals surface area contributed by atoms with E-state index in [0.29, 0.717) is 34.1 Å². The molecule has 0 spiro atoms. The summed E-state index contributed by atoms with van der Waals surface area (Å²) in [4.78, 5) is 105. The molecule has 0 fully saturated rings. The van der Waals surface area contributed by atoms with Crippen LogP contribution in [0, 0.1) is 0 Å². The largest absolute Gasteiger partial charge is 0.348 e. The smallest absolute Gasteiger partial charge is 0.252 e. The van der Waals surface area contributed by atoms with Crippen LogP contribution in [0.15, 0.2) is 161 Å². The van der Waals surface area contributed by atoms with E-state index in [1.807, 2.05) is 86.9 Å². The molecule has 0 aliphatic heterocycles. The third kappa shape index (κ3) is 12.1. The average Bonchev–Trinajstić information content (AvgIpc) is 4.28. The number of aromatic nitrogens is 6. The highest BCUT2D eigenvalue weighted by molar-refractivity contribution is 7.08. The van der Waals surface area contributed by atoms with E-state index in [9.17, 15) is 28.8 Å². The molecule has 9 rings (SSSR count). The van der Waals surface area contributed by atoms with Gasteiger partial charge in [-0.1, -0.05) is 36.4 Å². The predicted molar refractivity (Wildman–Crippen MR) is 293 cm³/mol. The summed E-state index contributed by atoms with van der Waals surface area (Å²) in [5, 5.41) is 19.7. The van der Waals surface area contributed by atoms with Gasteiger partial charge in [0, 0.05) is 97.2 Å². The van der Waals surface area contributed by atoms with Crippen molar-refractivity contribution in [3.63, 3.8) is 0 Å². The van der Waals surface area contributed by atoms with Crippen molar-refractivity contribution in [2.24, 2.45) is 17.2 Å². The Hall–Kier alpha value is -8.31. The van der Waals surface area contributed by atoms with E-state index in [2.05, 4.69) is 45.9 Å². The number of rotatable bonds is 24. The molecule has 0 unspecified atom stereocenters. The van der Waals surface area contributed by atoms with Crippen molar-refractivity contribution < 1.29 is 28.8 Å². The number of hydrogen-bond acceptors (Lipinski definition) is 15. The number of H-pyrrole nitrogens is 3. The zero-order valence-corrected chi connectivity index (χ0v) is 43.1. The van der Waals surface area contributed by atoms with Gasteiger partial charge >= 0.3 is 0 Å². The van der Waals surface area contributed by atoms with Gasteiger partial charge in [0.2, 0.25) is 0 Å². The van der Waals surface area contributed by atoms with Gasteiger partial charge in [-0.2, -0.15) is 34.0 Å². The second kappa shape index (κ2) is 23.1. The second-order valence-electron chi connectivity index (χ2n) is 18.5. The average molecular weight is 1070 g/mol. The summed E-state index contributed by atoms with van der Waals surface area (Å²) in [7, 11) is 0. The molecule has 76 heavy (non-hydrogen) atoms. The van der Waals surface area contributed by atoms with E-state index in [-0.39, 0.29) is 38.5 Å². The van der Waals surface area contributed by atoms with E-state index >= 15 is 0 Å². The molecule has 0 bridgehead atoms. The summed E-state index contributed by atoms with van der Waals surface area (Å²) < 4.78 is 0. The molecule has 0 radical (unpaired) electrons. The number of benzene rings is 3. The van der Waals surface area contributed by atoms with Gasteiger partial charge < -0.3 is 48.1 Å². The Bertz CT molecular complexity index is 3030. The van der Waals surface area contributed by atoms with Gasteiger partial charge in [0.25, 0.3) is 17.7 Å². The normalized spacial score (nSPS) is 13.7. The maximum absolute atomic E-state index is 14.1. The SMILES string of the molecule is N[C@@](Cc1cnc[nH]1)(C(=O)Cc1ccsc1)C(=O)Nc1ccc(C(c2ccc(NC(=O)[C@](N)(Cc3cnc[nH]3)C(=O)Cc3ccsc3)cc2)c2ccc(NC(=O)[C@](N)(Cc3cnc[nH]3)C(=O)Cc3ccsc3)cc2)cc1. The lowest BCUT2D eigenvalue weighted by Crippen LogP contribution is -2.59. The maximum atomic E-state index is 14.1. The number of imidazole rings is 3. The van der Waals surface area contributed by atoms with Gasteiger partial charge in [0.15, 0.2) is 34.0 Å². The molecule has 6 aromatic heterocycles. The topological polar surface area (TPSA) is 303 Å². The van der Waals surface area contributed by atoms with Crippen molar-refractivity contribution in [3.8, 4) is 0 Å². The number of nitrogens with two attached hydrogens (primary N) is 3. The van der Waals surface area contributed by atoms with Crippen molar-refractivity contribution in [2.75, 3.05) is 16.0 Å². The lowest BCUT2D eigenvalue weighted by molar-refractivity contribution is -0.134. The van der Waals surface area contributed by atoms with Crippen molar-refractivity contribution in [2.45, 2.75) is 61.1 Å². The molecule has 21 heteroatoms. The molecular weight excluding hydrogens is 1020 g/mol. The van der Waals surface area contributed by atoms with E-state index < -0.39 is 57.6 Å². The minimum Gasteiger partial charge on any atom is -0.348 e. The van der Waals surface area contributed by atoms with E-state index in [1.54, 1.807) is 36.4 Å². The Morgan fingerprint density at radius 3 is 0.934 bits per heavy atom. The van der Waals surface area contributed by atoms with Crippen LogP contribution < -0.4 is 33.2 Å². The highest BCUT2D eigenvalue weighted by atomic mass is 32.1. The first-order chi connectivity index (χ1) is 36.7.